The largest absolute Gasteiger partial charge is 0.312 e. The predicted molar refractivity (Wildman–Crippen MR) is 75.7 cm³/mol. The zero-order valence-corrected chi connectivity index (χ0v) is 11.8. The molecule has 0 radical (unpaired) electrons. The summed E-state index contributed by atoms with van der Waals surface area (Å²) in [7, 11) is 0. The number of anilines is 1. The molecule has 7 heteroatoms. The van der Waals surface area contributed by atoms with E-state index >= 15 is 0 Å². The van der Waals surface area contributed by atoms with Gasteiger partial charge in [-0.1, -0.05) is 28.3 Å². The van der Waals surface area contributed by atoms with Crippen LogP contribution in [0.3, 0.4) is 0 Å². The molecule has 1 unspecified atom stereocenters. The van der Waals surface area contributed by atoms with Gasteiger partial charge in [-0.3, -0.25) is 4.79 Å². The van der Waals surface area contributed by atoms with Gasteiger partial charge in [0.2, 0.25) is 5.91 Å². The SMILES string of the molecule is Cc1c(Cl)cc(N2CC(CN=[N+]=[N-])CC2=O)cc1Cl. The molecule has 5 nitrogen and oxygen atoms in total. The van der Waals surface area contributed by atoms with Crippen molar-refractivity contribution in [2.75, 3.05) is 18.0 Å². The average molecular weight is 299 g/mol. The van der Waals surface area contributed by atoms with Crippen LogP contribution in [0, 0.1) is 12.8 Å². The van der Waals surface area contributed by atoms with Crippen LogP contribution < -0.4 is 4.90 Å². The lowest BCUT2D eigenvalue weighted by molar-refractivity contribution is -0.117. The van der Waals surface area contributed by atoms with Gasteiger partial charge in [0.05, 0.1) is 0 Å². The number of azide groups is 1. The van der Waals surface area contributed by atoms with Gasteiger partial charge in [0.1, 0.15) is 0 Å². The number of carbonyl (C=O) groups is 1. The van der Waals surface area contributed by atoms with Crippen LogP contribution >= 0.6 is 23.2 Å². The number of carbonyl (C=O) groups excluding carboxylic acids is 1. The number of benzene rings is 1. The molecule has 1 aromatic carbocycles. The Labute approximate surface area is 120 Å². The van der Waals surface area contributed by atoms with Crippen molar-refractivity contribution in [1.29, 1.82) is 0 Å². The van der Waals surface area contributed by atoms with E-state index in [9.17, 15) is 4.79 Å². The molecule has 1 saturated heterocycles. The summed E-state index contributed by atoms with van der Waals surface area (Å²) in [5.41, 5.74) is 9.79. The van der Waals surface area contributed by atoms with Gasteiger partial charge in [-0.15, -0.1) is 0 Å². The molecular formula is C12H12Cl2N4O. The quantitative estimate of drug-likeness (QED) is 0.473. The first-order valence-corrected chi connectivity index (χ1v) is 6.55. The van der Waals surface area contributed by atoms with Crippen molar-refractivity contribution in [3.05, 3.63) is 38.2 Å². The van der Waals surface area contributed by atoms with Gasteiger partial charge in [0.15, 0.2) is 0 Å². The van der Waals surface area contributed by atoms with Gasteiger partial charge >= 0.3 is 0 Å². The molecule has 1 atom stereocenters. The van der Waals surface area contributed by atoms with Crippen molar-refractivity contribution < 1.29 is 4.79 Å². The third kappa shape index (κ3) is 2.95. The third-order valence-electron chi connectivity index (χ3n) is 3.19. The maximum Gasteiger partial charge on any atom is 0.227 e. The van der Waals surface area contributed by atoms with Crippen molar-refractivity contribution in [1.82, 2.24) is 0 Å². The Hall–Kier alpha value is -1.42. The lowest BCUT2D eigenvalue weighted by Gasteiger charge is -2.18. The maximum absolute atomic E-state index is 12.0. The standard InChI is InChI=1S/C12H12Cl2N4O/c1-7-10(13)3-9(4-11(7)14)18-6-8(2-12(18)19)5-16-17-15/h3-4,8H,2,5-6H2,1H3. The van der Waals surface area contributed by atoms with E-state index in [1.165, 1.54) is 0 Å². The first kappa shape index (κ1) is 14.0. The molecule has 1 aromatic rings. The van der Waals surface area contributed by atoms with Gasteiger partial charge in [0.25, 0.3) is 0 Å². The second-order valence-electron chi connectivity index (χ2n) is 4.52. The van der Waals surface area contributed by atoms with E-state index in [2.05, 4.69) is 10.0 Å². The fourth-order valence-corrected chi connectivity index (χ4v) is 2.57. The molecule has 1 fully saturated rings. The van der Waals surface area contributed by atoms with Gasteiger partial charge in [-0.05, 0) is 36.1 Å². The Morgan fingerprint density at radius 2 is 2.11 bits per heavy atom. The van der Waals surface area contributed by atoms with Crippen LogP contribution in [0.1, 0.15) is 12.0 Å². The molecule has 1 amide bonds. The van der Waals surface area contributed by atoms with E-state index in [0.29, 0.717) is 35.2 Å². The number of halogens is 2. The molecule has 0 aromatic heterocycles. The Balaban J connectivity index is 2.23. The normalized spacial score (nSPS) is 18.6. The van der Waals surface area contributed by atoms with Crippen molar-refractivity contribution in [2.24, 2.45) is 11.0 Å². The second kappa shape index (κ2) is 5.70. The summed E-state index contributed by atoms with van der Waals surface area (Å²) in [4.78, 5) is 16.3. The molecule has 0 saturated carbocycles. The van der Waals surface area contributed by atoms with Crippen LogP contribution in [0.5, 0.6) is 0 Å². The summed E-state index contributed by atoms with van der Waals surface area (Å²) in [5.74, 6) is 0.0383. The highest BCUT2D eigenvalue weighted by molar-refractivity contribution is 6.36. The van der Waals surface area contributed by atoms with Crippen molar-refractivity contribution in [3.63, 3.8) is 0 Å². The minimum absolute atomic E-state index is 0.00544. The minimum atomic E-state index is -0.00544. The fraction of sp³-hybridized carbons (Fsp3) is 0.417. The van der Waals surface area contributed by atoms with Crippen LogP contribution in [0.4, 0.5) is 5.69 Å². The molecule has 0 aliphatic carbocycles. The first-order valence-electron chi connectivity index (χ1n) is 5.79. The van der Waals surface area contributed by atoms with Gasteiger partial charge < -0.3 is 4.90 Å². The van der Waals surface area contributed by atoms with Crippen molar-refractivity contribution in [3.8, 4) is 0 Å². The monoisotopic (exact) mass is 298 g/mol. The van der Waals surface area contributed by atoms with E-state index in [1.807, 2.05) is 6.92 Å². The summed E-state index contributed by atoms with van der Waals surface area (Å²) in [5, 5.41) is 4.59. The number of hydrogen-bond acceptors (Lipinski definition) is 2. The smallest absolute Gasteiger partial charge is 0.227 e. The van der Waals surface area contributed by atoms with Gasteiger partial charge in [-0.2, -0.15) is 0 Å². The number of rotatable bonds is 3. The Morgan fingerprint density at radius 3 is 2.68 bits per heavy atom. The zero-order chi connectivity index (χ0) is 14.0. The predicted octanol–water partition coefficient (Wildman–Crippen LogP) is 3.97. The third-order valence-corrected chi connectivity index (χ3v) is 3.97. The highest BCUT2D eigenvalue weighted by Gasteiger charge is 2.30. The van der Waals surface area contributed by atoms with Gasteiger partial charge in [0, 0.05) is 40.2 Å². The molecule has 0 bridgehead atoms. The lowest BCUT2D eigenvalue weighted by atomic mass is 10.1. The van der Waals surface area contributed by atoms with E-state index in [1.54, 1.807) is 17.0 Å². The van der Waals surface area contributed by atoms with Crippen LogP contribution in [-0.4, -0.2) is 19.0 Å². The van der Waals surface area contributed by atoms with Crippen LogP contribution in [0.2, 0.25) is 10.0 Å². The zero-order valence-electron chi connectivity index (χ0n) is 10.3. The number of hydrogen-bond donors (Lipinski definition) is 0. The Morgan fingerprint density at radius 1 is 1.47 bits per heavy atom. The summed E-state index contributed by atoms with van der Waals surface area (Å²) in [6, 6.07) is 3.47. The Bertz CT molecular complexity index is 546. The molecule has 1 aliphatic rings. The Kier molecular flexibility index (Phi) is 4.20. The molecule has 1 heterocycles. The van der Waals surface area contributed by atoms with Crippen molar-refractivity contribution in [2.45, 2.75) is 13.3 Å². The molecule has 0 spiro atoms. The summed E-state index contributed by atoms with van der Waals surface area (Å²) >= 11 is 12.2. The molecular weight excluding hydrogens is 287 g/mol. The molecule has 100 valence electrons. The van der Waals surface area contributed by atoms with E-state index in [4.69, 9.17) is 28.7 Å². The first-order chi connectivity index (χ1) is 9.02. The van der Waals surface area contributed by atoms with E-state index in [-0.39, 0.29) is 11.8 Å². The highest BCUT2D eigenvalue weighted by atomic mass is 35.5. The van der Waals surface area contributed by atoms with Crippen LogP contribution in [-0.2, 0) is 4.79 Å². The highest BCUT2D eigenvalue weighted by Crippen LogP contribution is 2.33. The average Bonchev–Trinajstić information content (AvgIpc) is 2.74. The summed E-state index contributed by atoms with van der Waals surface area (Å²) in [6.07, 6.45) is 0.377. The molecule has 0 N–H and O–H groups in total. The summed E-state index contributed by atoms with van der Waals surface area (Å²) in [6.45, 7) is 2.67. The number of nitrogens with zero attached hydrogens (tertiary/aromatic N) is 4. The van der Waals surface area contributed by atoms with E-state index < -0.39 is 0 Å². The fourth-order valence-electron chi connectivity index (χ4n) is 2.09. The minimum Gasteiger partial charge on any atom is -0.312 e. The van der Waals surface area contributed by atoms with Crippen LogP contribution in [0.15, 0.2) is 17.2 Å². The molecule has 19 heavy (non-hydrogen) atoms. The van der Waals surface area contributed by atoms with Crippen LogP contribution in [0.25, 0.3) is 10.4 Å². The topological polar surface area (TPSA) is 69.1 Å². The second-order valence-corrected chi connectivity index (χ2v) is 5.34. The lowest BCUT2D eigenvalue weighted by Crippen LogP contribution is -2.24. The van der Waals surface area contributed by atoms with Crippen molar-refractivity contribution >= 4 is 34.8 Å². The molecule has 1 aliphatic heterocycles. The molecule has 2 rings (SSSR count). The van der Waals surface area contributed by atoms with E-state index in [0.717, 1.165) is 5.56 Å². The summed E-state index contributed by atoms with van der Waals surface area (Å²) < 4.78 is 0. The van der Waals surface area contributed by atoms with Gasteiger partial charge in [-0.25, -0.2) is 0 Å². The maximum atomic E-state index is 12.0. The number of amides is 1.